The molecule has 0 aliphatic rings. The van der Waals surface area contributed by atoms with Crippen LogP contribution in [0.2, 0.25) is 0 Å². The lowest BCUT2D eigenvalue weighted by atomic mass is 10.0. The van der Waals surface area contributed by atoms with Crippen molar-refractivity contribution in [1.82, 2.24) is 5.32 Å². The lowest BCUT2D eigenvalue weighted by Crippen LogP contribution is -2.37. The number of carboxylic acids is 1. The molecule has 0 rings (SSSR count). The van der Waals surface area contributed by atoms with E-state index in [0.29, 0.717) is 37.4 Å². The number of hydrogen-bond acceptors (Lipinski definition) is 5. The zero-order valence-electron chi connectivity index (χ0n) is 18.3. The predicted molar refractivity (Wildman–Crippen MR) is 119 cm³/mol. The fraction of sp³-hybridized carbons (Fsp3) is 0.864. The Labute approximate surface area is 180 Å². The molecule has 0 fully saturated rings. The molecule has 0 aromatic rings. The topological polar surface area (TPSA) is 92.7 Å². The highest BCUT2D eigenvalue weighted by Crippen LogP contribution is 2.13. The van der Waals surface area contributed by atoms with Gasteiger partial charge >= 0.3 is 11.9 Å². The second-order valence-corrected chi connectivity index (χ2v) is 9.09. The lowest BCUT2D eigenvalue weighted by molar-refractivity contribution is -0.143. The van der Waals surface area contributed by atoms with Crippen molar-refractivity contribution in [3.8, 4) is 0 Å². The van der Waals surface area contributed by atoms with Gasteiger partial charge in [-0.3, -0.25) is 9.59 Å². The number of carbonyl (C=O) groups excluding carboxylic acids is 2. The SMILES string of the molecule is CC(C)CCCCCCCCCCCC(=O)OCCCSCC(NC=O)C(=O)O. The summed E-state index contributed by atoms with van der Waals surface area (Å²) >= 11 is 1.42. The molecule has 0 saturated heterocycles. The van der Waals surface area contributed by atoms with Crippen LogP contribution in [0, 0.1) is 5.92 Å². The Kier molecular flexibility index (Phi) is 19.2. The number of amides is 1. The van der Waals surface area contributed by atoms with Gasteiger partial charge in [0.1, 0.15) is 6.04 Å². The standard InChI is InChI=1S/C22H41NO5S/c1-19(2)13-10-8-6-4-3-5-7-9-11-14-21(25)28-15-12-16-29-17-20(22(26)27)23-18-24/h18-20H,3-17H2,1-2H3,(H,23,24)(H,26,27). The molecule has 0 aliphatic heterocycles. The number of esters is 1. The van der Waals surface area contributed by atoms with Crippen LogP contribution in [0.25, 0.3) is 0 Å². The summed E-state index contributed by atoms with van der Waals surface area (Å²) in [6, 6.07) is -0.870. The quantitative estimate of drug-likeness (QED) is 0.154. The van der Waals surface area contributed by atoms with Gasteiger partial charge in [0.15, 0.2) is 0 Å². The zero-order chi connectivity index (χ0) is 21.7. The Morgan fingerprint density at radius 3 is 2.10 bits per heavy atom. The summed E-state index contributed by atoms with van der Waals surface area (Å²) in [5.41, 5.74) is 0. The smallest absolute Gasteiger partial charge is 0.327 e. The van der Waals surface area contributed by atoms with Gasteiger partial charge in [0.2, 0.25) is 6.41 Å². The van der Waals surface area contributed by atoms with Gasteiger partial charge in [-0.15, -0.1) is 0 Å². The second kappa shape index (κ2) is 20.0. The number of carbonyl (C=O) groups is 3. The van der Waals surface area contributed by atoms with Crippen LogP contribution < -0.4 is 5.32 Å². The van der Waals surface area contributed by atoms with E-state index in [1.54, 1.807) is 0 Å². The predicted octanol–water partition coefficient (Wildman–Crippen LogP) is 4.80. The first-order chi connectivity index (χ1) is 14.0. The van der Waals surface area contributed by atoms with Crippen LogP contribution in [0.15, 0.2) is 0 Å². The number of ether oxygens (including phenoxy) is 1. The molecule has 0 bridgehead atoms. The summed E-state index contributed by atoms with van der Waals surface area (Å²) in [6.07, 6.45) is 14.0. The molecule has 7 heteroatoms. The molecule has 0 radical (unpaired) electrons. The zero-order valence-corrected chi connectivity index (χ0v) is 19.1. The number of aliphatic carboxylic acids is 1. The summed E-state index contributed by atoms with van der Waals surface area (Å²) in [5.74, 6) is 0.627. The molecule has 2 N–H and O–H groups in total. The Morgan fingerprint density at radius 1 is 0.966 bits per heavy atom. The van der Waals surface area contributed by atoms with Crippen LogP contribution in [-0.4, -0.2) is 47.6 Å². The largest absolute Gasteiger partial charge is 0.480 e. The van der Waals surface area contributed by atoms with E-state index in [-0.39, 0.29) is 5.97 Å². The van der Waals surface area contributed by atoms with Crippen molar-refractivity contribution in [1.29, 1.82) is 0 Å². The summed E-state index contributed by atoms with van der Waals surface area (Å²) in [5, 5.41) is 11.1. The van der Waals surface area contributed by atoms with E-state index in [1.807, 2.05) is 0 Å². The van der Waals surface area contributed by atoms with Crippen LogP contribution >= 0.6 is 11.8 Å². The maximum atomic E-state index is 11.7. The number of unbranched alkanes of at least 4 members (excludes halogenated alkanes) is 8. The third-order valence-corrected chi connectivity index (χ3v) is 5.86. The summed E-state index contributed by atoms with van der Waals surface area (Å²) in [7, 11) is 0. The maximum Gasteiger partial charge on any atom is 0.327 e. The van der Waals surface area contributed by atoms with E-state index < -0.39 is 12.0 Å². The molecule has 170 valence electrons. The van der Waals surface area contributed by atoms with Gasteiger partial charge in [0.05, 0.1) is 6.61 Å². The van der Waals surface area contributed by atoms with Crippen LogP contribution in [0.3, 0.4) is 0 Å². The van der Waals surface area contributed by atoms with E-state index in [0.717, 1.165) is 18.8 Å². The first kappa shape index (κ1) is 27.8. The summed E-state index contributed by atoms with van der Waals surface area (Å²) in [6.45, 7) is 4.93. The van der Waals surface area contributed by atoms with Crippen LogP contribution in [-0.2, 0) is 19.1 Å². The van der Waals surface area contributed by atoms with Crippen molar-refractivity contribution in [2.24, 2.45) is 5.92 Å². The van der Waals surface area contributed by atoms with E-state index >= 15 is 0 Å². The fourth-order valence-electron chi connectivity index (χ4n) is 2.95. The molecule has 0 aliphatic carbocycles. The van der Waals surface area contributed by atoms with Crippen molar-refractivity contribution in [2.75, 3.05) is 18.1 Å². The Hall–Kier alpha value is -1.24. The average molecular weight is 432 g/mol. The molecule has 1 unspecified atom stereocenters. The lowest BCUT2D eigenvalue weighted by Gasteiger charge is -2.10. The highest BCUT2D eigenvalue weighted by atomic mass is 32.2. The summed E-state index contributed by atoms with van der Waals surface area (Å²) in [4.78, 5) is 32.9. The minimum Gasteiger partial charge on any atom is -0.480 e. The van der Waals surface area contributed by atoms with Gasteiger partial charge in [-0.05, 0) is 24.5 Å². The minimum atomic E-state index is -1.04. The molecule has 1 atom stereocenters. The molecule has 0 saturated carbocycles. The first-order valence-corrected chi connectivity index (χ1v) is 12.3. The monoisotopic (exact) mass is 431 g/mol. The van der Waals surface area contributed by atoms with Gasteiger partial charge in [-0.25, -0.2) is 4.79 Å². The Balaban J connectivity index is 3.36. The average Bonchev–Trinajstić information content (AvgIpc) is 2.67. The number of nitrogens with one attached hydrogen (secondary N) is 1. The van der Waals surface area contributed by atoms with Gasteiger partial charge in [-0.1, -0.05) is 71.6 Å². The molecule has 1 amide bonds. The molecule has 29 heavy (non-hydrogen) atoms. The van der Waals surface area contributed by atoms with Crippen molar-refractivity contribution in [3.63, 3.8) is 0 Å². The third-order valence-electron chi connectivity index (χ3n) is 4.71. The van der Waals surface area contributed by atoms with Crippen molar-refractivity contribution in [3.05, 3.63) is 0 Å². The van der Waals surface area contributed by atoms with Crippen LogP contribution in [0.5, 0.6) is 0 Å². The van der Waals surface area contributed by atoms with Gasteiger partial charge in [0, 0.05) is 12.2 Å². The molecular weight excluding hydrogens is 390 g/mol. The van der Waals surface area contributed by atoms with Crippen LogP contribution in [0.4, 0.5) is 0 Å². The Morgan fingerprint density at radius 2 is 1.55 bits per heavy atom. The van der Waals surface area contributed by atoms with Crippen molar-refractivity contribution >= 4 is 30.1 Å². The molecule has 0 aromatic heterocycles. The van der Waals surface area contributed by atoms with Gasteiger partial charge in [-0.2, -0.15) is 11.8 Å². The number of carboxylic acid groups (broad SMARTS) is 1. The van der Waals surface area contributed by atoms with Crippen LogP contribution in [0.1, 0.15) is 90.9 Å². The highest BCUT2D eigenvalue weighted by molar-refractivity contribution is 7.99. The summed E-state index contributed by atoms with van der Waals surface area (Å²) < 4.78 is 5.20. The Bertz CT molecular complexity index is 431. The first-order valence-electron chi connectivity index (χ1n) is 11.1. The van der Waals surface area contributed by atoms with Crippen molar-refractivity contribution in [2.45, 2.75) is 96.9 Å². The van der Waals surface area contributed by atoms with E-state index in [4.69, 9.17) is 9.84 Å². The third kappa shape index (κ3) is 19.8. The van der Waals surface area contributed by atoms with E-state index in [1.165, 1.54) is 63.1 Å². The van der Waals surface area contributed by atoms with E-state index in [2.05, 4.69) is 19.2 Å². The molecule has 0 heterocycles. The molecule has 0 spiro atoms. The van der Waals surface area contributed by atoms with Gasteiger partial charge in [0.25, 0.3) is 0 Å². The van der Waals surface area contributed by atoms with Gasteiger partial charge < -0.3 is 15.2 Å². The number of rotatable bonds is 21. The minimum absolute atomic E-state index is 0.147. The highest BCUT2D eigenvalue weighted by Gasteiger charge is 2.15. The molecule has 6 nitrogen and oxygen atoms in total. The number of thioether (sulfide) groups is 1. The van der Waals surface area contributed by atoms with E-state index in [9.17, 15) is 14.4 Å². The molecule has 0 aromatic carbocycles. The maximum absolute atomic E-state index is 11.7. The normalized spacial score (nSPS) is 12.0. The molecular formula is C22H41NO5S. The fourth-order valence-corrected chi connectivity index (χ4v) is 3.92. The second-order valence-electron chi connectivity index (χ2n) is 7.94. The number of hydrogen-bond donors (Lipinski definition) is 2. The van der Waals surface area contributed by atoms with Crippen molar-refractivity contribution < 1.29 is 24.2 Å².